The van der Waals surface area contributed by atoms with E-state index in [2.05, 4.69) is 0 Å². The van der Waals surface area contributed by atoms with Gasteiger partial charge in [-0.2, -0.15) is 0 Å². The van der Waals surface area contributed by atoms with Crippen LogP contribution >= 0.6 is 23.8 Å². The lowest BCUT2D eigenvalue weighted by molar-refractivity contribution is 0.121. The quantitative estimate of drug-likeness (QED) is 0.682. The molecule has 2 aromatic rings. The van der Waals surface area contributed by atoms with Crippen LogP contribution < -0.4 is 5.73 Å². The maximum atomic E-state index is 13.4. The summed E-state index contributed by atoms with van der Waals surface area (Å²) in [6.45, 7) is 2.29. The number of halogens is 2. The minimum Gasteiger partial charge on any atom is -0.393 e. The van der Waals surface area contributed by atoms with Crippen LogP contribution in [0.2, 0.25) is 5.02 Å². The standard InChI is InChI=1S/C19H19ClFNO3S2/c1-2-25-11-19(18(22)26)16(12-3-7-14(21)8-4-12)17(19)27(23,24)15-9-5-13(20)6-10-15/h3-10,16-17H,2,11H2,1H3,(H2,22,26)/t16-,17-,19+/m0/s1. The molecule has 1 saturated carbocycles. The molecule has 8 heteroatoms. The molecule has 0 aliphatic heterocycles. The number of rotatable bonds is 7. The Morgan fingerprint density at radius 3 is 2.33 bits per heavy atom. The summed E-state index contributed by atoms with van der Waals surface area (Å²) in [5.41, 5.74) is 5.63. The fourth-order valence-electron chi connectivity index (χ4n) is 3.58. The highest BCUT2D eigenvalue weighted by molar-refractivity contribution is 7.92. The number of hydrogen-bond acceptors (Lipinski definition) is 4. The third-order valence-electron chi connectivity index (χ3n) is 4.97. The van der Waals surface area contributed by atoms with Gasteiger partial charge in [-0.25, -0.2) is 12.8 Å². The molecule has 0 bridgehead atoms. The smallest absolute Gasteiger partial charge is 0.182 e. The highest BCUT2D eigenvalue weighted by Crippen LogP contribution is 2.64. The largest absolute Gasteiger partial charge is 0.393 e. The maximum Gasteiger partial charge on any atom is 0.182 e. The molecule has 4 nitrogen and oxygen atoms in total. The fourth-order valence-corrected chi connectivity index (χ4v) is 6.48. The zero-order valence-electron chi connectivity index (χ0n) is 14.6. The van der Waals surface area contributed by atoms with E-state index >= 15 is 0 Å². The summed E-state index contributed by atoms with van der Waals surface area (Å²) in [6, 6.07) is 11.7. The first-order valence-electron chi connectivity index (χ1n) is 8.37. The Morgan fingerprint density at radius 1 is 1.22 bits per heavy atom. The molecule has 0 heterocycles. The molecule has 27 heavy (non-hydrogen) atoms. The first kappa shape index (κ1) is 20.2. The van der Waals surface area contributed by atoms with Gasteiger partial charge in [0.1, 0.15) is 5.82 Å². The third-order valence-corrected chi connectivity index (χ3v) is 7.89. The van der Waals surface area contributed by atoms with Gasteiger partial charge in [0, 0.05) is 17.5 Å². The Bertz CT molecular complexity index is 948. The zero-order valence-corrected chi connectivity index (χ0v) is 17.0. The van der Waals surface area contributed by atoms with E-state index in [9.17, 15) is 12.8 Å². The van der Waals surface area contributed by atoms with Gasteiger partial charge >= 0.3 is 0 Å². The lowest BCUT2D eigenvalue weighted by Crippen LogP contribution is -2.33. The molecular formula is C19H19ClFNO3S2. The van der Waals surface area contributed by atoms with Gasteiger partial charge in [0.15, 0.2) is 9.84 Å². The molecule has 0 radical (unpaired) electrons. The first-order chi connectivity index (χ1) is 12.7. The van der Waals surface area contributed by atoms with Crippen LogP contribution in [0.3, 0.4) is 0 Å². The van der Waals surface area contributed by atoms with Gasteiger partial charge in [-0.1, -0.05) is 36.0 Å². The van der Waals surface area contributed by atoms with Crippen molar-refractivity contribution in [2.24, 2.45) is 11.1 Å². The first-order valence-corrected chi connectivity index (χ1v) is 10.7. The minimum absolute atomic E-state index is 0.0767. The fraction of sp³-hybridized carbons (Fsp3) is 0.316. The topological polar surface area (TPSA) is 69.4 Å². The van der Waals surface area contributed by atoms with E-state index in [1.54, 1.807) is 12.1 Å². The van der Waals surface area contributed by atoms with E-state index in [0.717, 1.165) is 0 Å². The lowest BCUT2D eigenvalue weighted by atomic mass is 10.00. The number of thiocarbonyl (C=S) groups is 1. The Kier molecular flexibility index (Phi) is 5.59. The van der Waals surface area contributed by atoms with Crippen LogP contribution in [0, 0.1) is 11.2 Å². The van der Waals surface area contributed by atoms with Gasteiger partial charge in [0.05, 0.1) is 27.2 Å². The van der Waals surface area contributed by atoms with E-state index in [-0.39, 0.29) is 16.5 Å². The second-order valence-electron chi connectivity index (χ2n) is 6.49. The predicted molar refractivity (Wildman–Crippen MR) is 107 cm³/mol. The van der Waals surface area contributed by atoms with Crippen molar-refractivity contribution < 1.29 is 17.5 Å². The van der Waals surface area contributed by atoms with Crippen molar-refractivity contribution in [1.82, 2.24) is 0 Å². The molecule has 3 rings (SSSR count). The van der Waals surface area contributed by atoms with Crippen LogP contribution in [-0.2, 0) is 14.6 Å². The molecule has 0 amide bonds. The molecule has 1 fully saturated rings. The summed E-state index contributed by atoms with van der Waals surface area (Å²) < 4.78 is 45.6. The molecule has 2 aromatic carbocycles. The van der Waals surface area contributed by atoms with Crippen LogP contribution in [0.15, 0.2) is 53.4 Å². The second-order valence-corrected chi connectivity index (χ2v) is 9.44. The minimum atomic E-state index is -3.77. The number of nitrogens with two attached hydrogens (primary N) is 1. The monoisotopic (exact) mass is 427 g/mol. The van der Waals surface area contributed by atoms with Gasteiger partial charge in [-0.15, -0.1) is 0 Å². The van der Waals surface area contributed by atoms with E-state index in [1.165, 1.54) is 36.4 Å². The Labute approximate surface area is 168 Å². The molecule has 0 unspecified atom stereocenters. The van der Waals surface area contributed by atoms with E-state index in [0.29, 0.717) is 17.2 Å². The van der Waals surface area contributed by atoms with Crippen molar-refractivity contribution >= 4 is 38.6 Å². The summed E-state index contributed by atoms with van der Waals surface area (Å²) in [7, 11) is -3.77. The van der Waals surface area contributed by atoms with Crippen molar-refractivity contribution in [2.75, 3.05) is 13.2 Å². The molecule has 0 spiro atoms. The maximum absolute atomic E-state index is 13.4. The van der Waals surface area contributed by atoms with Crippen molar-refractivity contribution in [3.05, 3.63) is 64.9 Å². The van der Waals surface area contributed by atoms with Gasteiger partial charge in [-0.3, -0.25) is 0 Å². The number of benzene rings is 2. The summed E-state index contributed by atoms with van der Waals surface area (Å²) in [5.74, 6) is -0.912. The van der Waals surface area contributed by atoms with Gasteiger partial charge < -0.3 is 10.5 Å². The molecule has 144 valence electrons. The summed E-state index contributed by atoms with van der Waals surface area (Å²) in [6.07, 6.45) is 0. The van der Waals surface area contributed by atoms with Gasteiger partial charge in [0.25, 0.3) is 0 Å². The lowest BCUT2D eigenvalue weighted by Gasteiger charge is -2.17. The predicted octanol–water partition coefficient (Wildman–Crippen LogP) is 3.73. The molecule has 1 aliphatic carbocycles. The van der Waals surface area contributed by atoms with Crippen LogP contribution in [0.1, 0.15) is 18.4 Å². The highest BCUT2D eigenvalue weighted by atomic mass is 35.5. The summed E-state index contributed by atoms with van der Waals surface area (Å²) in [5, 5.41) is -0.449. The van der Waals surface area contributed by atoms with Crippen LogP contribution in [-0.4, -0.2) is 31.9 Å². The normalized spacial score (nSPS) is 24.6. The second kappa shape index (κ2) is 7.47. The van der Waals surface area contributed by atoms with Crippen molar-refractivity contribution in [1.29, 1.82) is 0 Å². The molecule has 0 aromatic heterocycles. The van der Waals surface area contributed by atoms with Crippen LogP contribution in [0.25, 0.3) is 0 Å². The number of hydrogen-bond donors (Lipinski definition) is 1. The van der Waals surface area contributed by atoms with Gasteiger partial charge in [0.2, 0.25) is 0 Å². The summed E-state index contributed by atoms with van der Waals surface area (Å²) in [4.78, 5) is 0.214. The number of sulfone groups is 1. The van der Waals surface area contributed by atoms with Crippen molar-refractivity contribution in [3.63, 3.8) is 0 Å². The third kappa shape index (κ3) is 3.49. The highest BCUT2D eigenvalue weighted by Gasteiger charge is 2.73. The van der Waals surface area contributed by atoms with E-state index < -0.39 is 32.2 Å². The van der Waals surface area contributed by atoms with E-state index in [1.807, 2.05) is 6.92 Å². The Morgan fingerprint density at radius 2 is 1.81 bits per heavy atom. The van der Waals surface area contributed by atoms with E-state index in [4.69, 9.17) is 34.3 Å². The van der Waals surface area contributed by atoms with Gasteiger partial charge in [-0.05, 0) is 48.9 Å². The SMILES string of the molecule is CCOC[C@@]1(C(N)=S)[C@@H](c2ccc(F)cc2)[C@@H]1S(=O)(=O)c1ccc(Cl)cc1. The zero-order chi connectivity index (χ0) is 19.8. The Hall–Kier alpha value is -1.54. The molecular weight excluding hydrogens is 409 g/mol. The van der Waals surface area contributed by atoms with Crippen LogP contribution in [0.4, 0.5) is 4.39 Å². The molecule has 0 saturated heterocycles. The molecule has 3 atom stereocenters. The van der Waals surface area contributed by atoms with Crippen molar-refractivity contribution in [3.8, 4) is 0 Å². The summed E-state index contributed by atoms with van der Waals surface area (Å²) >= 11 is 11.1. The average Bonchev–Trinajstić information content (AvgIpc) is 3.32. The molecule has 2 N–H and O–H groups in total. The van der Waals surface area contributed by atoms with Crippen LogP contribution in [0.5, 0.6) is 0 Å². The molecule has 1 aliphatic rings. The van der Waals surface area contributed by atoms with Crippen molar-refractivity contribution in [2.45, 2.75) is 23.0 Å². The average molecular weight is 428 g/mol. The number of ether oxygens (including phenoxy) is 1. The Balaban J connectivity index is 2.10.